The van der Waals surface area contributed by atoms with Crippen LogP contribution in [0.4, 0.5) is 5.69 Å². The van der Waals surface area contributed by atoms with Gasteiger partial charge in [0.1, 0.15) is 0 Å². The van der Waals surface area contributed by atoms with Crippen molar-refractivity contribution in [2.75, 3.05) is 31.7 Å². The fraction of sp³-hybridized carbons (Fsp3) is 0.455. The maximum absolute atomic E-state index is 11.4. The Morgan fingerprint density at radius 2 is 2.12 bits per heavy atom. The van der Waals surface area contributed by atoms with Gasteiger partial charge in [0.2, 0.25) is 0 Å². The van der Waals surface area contributed by atoms with E-state index in [1.54, 1.807) is 12.1 Å². The van der Waals surface area contributed by atoms with Gasteiger partial charge < -0.3 is 10.2 Å². The standard InChI is InChI=1S/C11H16N2O2S/c1-13-6-5-12-11-7-10(16(2,14)15)4-3-9(11)8-13/h3-4,7,12H,5-6,8H2,1-2H3. The fourth-order valence-electron chi connectivity index (χ4n) is 1.84. The van der Waals surface area contributed by atoms with Crippen LogP contribution in [0.3, 0.4) is 0 Å². The van der Waals surface area contributed by atoms with Crippen LogP contribution in [-0.2, 0) is 16.4 Å². The zero-order valence-corrected chi connectivity index (χ0v) is 10.3. The number of anilines is 1. The van der Waals surface area contributed by atoms with E-state index in [2.05, 4.69) is 17.3 Å². The molecule has 0 saturated heterocycles. The molecule has 1 heterocycles. The Hall–Kier alpha value is -1.07. The highest BCUT2D eigenvalue weighted by Crippen LogP contribution is 2.23. The molecule has 0 aromatic heterocycles. The van der Waals surface area contributed by atoms with Crippen molar-refractivity contribution in [1.29, 1.82) is 0 Å². The minimum Gasteiger partial charge on any atom is -0.383 e. The van der Waals surface area contributed by atoms with E-state index in [1.165, 1.54) is 6.26 Å². The van der Waals surface area contributed by atoms with Crippen LogP contribution in [0, 0.1) is 0 Å². The molecule has 1 N–H and O–H groups in total. The predicted octanol–water partition coefficient (Wildman–Crippen LogP) is 0.947. The number of nitrogens with one attached hydrogen (secondary N) is 1. The predicted molar refractivity (Wildman–Crippen MR) is 64.4 cm³/mol. The van der Waals surface area contributed by atoms with E-state index in [0.29, 0.717) is 4.90 Å². The van der Waals surface area contributed by atoms with Gasteiger partial charge in [0.15, 0.2) is 9.84 Å². The molecule has 0 atom stereocenters. The SMILES string of the molecule is CN1CCNc2cc(S(C)(=O)=O)ccc2C1. The van der Waals surface area contributed by atoms with Crippen LogP contribution in [0.15, 0.2) is 23.1 Å². The summed E-state index contributed by atoms with van der Waals surface area (Å²) in [5, 5.41) is 3.26. The summed E-state index contributed by atoms with van der Waals surface area (Å²) in [4.78, 5) is 2.59. The third kappa shape index (κ3) is 2.36. The second-order valence-corrected chi connectivity index (χ2v) is 6.27. The van der Waals surface area contributed by atoms with Crippen molar-refractivity contribution in [3.8, 4) is 0 Å². The Bertz CT molecular complexity index is 497. The summed E-state index contributed by atoms with van der Waals surface area (Å²) in [5.41, 5.74) is 2.08. The monoisotopic (exact) mass is 240 g/mol. The van der Waals surface area contributed by atoms with Crippen molar-refractivity contribution in [2.24, 2.45) is 0 Å². The lowest BCUT2D eigenvalue weighted by atomic mass is 10.2. The van der Waals surface area contributed by atoms with Crippen LogP contribution in [0.5, 0.6) is 0 Å². The Balaban J connectivity index is 2.43. The third-order valence-corrected chi connectivity index (χ3v) is 3.87. The van der Waals surface area contributed by atoms with Gasteiger partial charge in [0.05, 0.1) is 4.90 Å². The molecule has 2 rings (SSSR count). The lowest BCUT2D eigenvalue weighted by molar-refractivity contribution is 0.346. The first-order chi connectivity index (χ1) is 7.47. The van der Waals surface area contributed by atoms with Crippen LogP contribution in [0.1, 0.15) is 5.56 Å². The van der Waals surface area contributed by atoms with Crippen molar-refractivity contribution in [2.45, 2.75) is 11.4 Å². The summed E-state index contributed by atoms with van der Waals surface area (Å²) in [6.45, 7) is 2.66. The largest absolute Gasteiger partial charge is 0.383 e. The number of likely N-dealkylation sites (N-methyl/N-ethyl adjacent to an activating group) is 1. The van der Waals surface area contributed by atoms with E-state index >= 15 is 0 Å². The Morgan fingerprint density at radius 1 is 1.38 bits per heavy atom. The highest BCUT2D eigenvalue weighted by molar-refractivity contribution is 7.90. The summed E-state index contributed by atoms with van der Waals surface area (Å²) < 4.78 is 22.9. The Kier molecular flexibility index (Phi) is 2.90. The van der Waals surface area contributed by atoms with Gasteiger partial charge in [-0.1, -0.05) is 6.07 Å². The van der Waals surface area contributed by atoms with Gasteiger partial charge in [0, 0.05) is 31.6 Å². The van der Waals surface area contributed by atoms with E-state index in [4.69, 9.17) is 0 Å². The maximum atomic E-state index is 11.4. The van der Waals surface area contributed by atoms with Gasteiger partial charge in [-0.15, -0.1) is 0 Å². The molecule has 1 aromatic carbocycles. The molecule has 1 aliphatic rings. The lowest BCUT2D eigenvalue weighted by Gasteiger charge is -2.12. The molecule has 16 heavy (non-hydrogen) atoms. The molecule has 0 amide bonds. The van der Waals surface area contributed by atoms with E-state index in [-0.39, 0.29) is 0 Å². The second-order valence-electron chi connectivity index (χ2n) is 4.26. The Labute approximate surface area is 96.2 Å². The zero-order chi connectivity index (χ0) is 11.8. The quantitative estimate of drug-likeness (QED) is 0.794. The van der Waals surface area contributed by atoms with Crippen LogP contribution in [0.2, 0.25) is 0 Å². The highest BCUT2D eigenvalue weighted by Gasteiger charge is 2.14. The topological polar surface area (TPSA) is 49.4 Å². The molecule has 88 valence electrons. The average molecular weight is 240 g/mol. The van der Waals surface area contributed by atoms with Gasteiger partial charge in [-0.25, -0.2) is 8.42 Å². The first-order valence-corrected chi connectivity index (χ1v) is 7.11. The van der Waals surface area contributed by atoms with Crippen LogP contribution >= 0.6 is 0 Å². The average Bonchev–Trinajstić information content (AvgIpc) is 2.35. The molecule has 0 fully saturated rings. The van der Waals surface area contributed by atoms with E-state index in [9.17, 15) is 8.42 Å². The molecule has 0 unspecified atom stereocenters. The summed E-state index contributed by atoms with van der Waals surface area (Å²) in [6, 6.07) is 5.29. The zero-order valence-electron chi connectivity index (χ0n) is 9.53. The number of sulfone groups is 1. The third-order valence-electron chi connectivity index (χ3n) is 2.76. The van der Waals surface area contributed by atoms with E-state index in [0.717, 1.165) is 30.9 Å². The van der Waals surface area contributed by atoms with Gasteiger partial charge in [-0.2, -0.15) is 0 Å². The highest BCUT2D eigenvalue weighted by atomic mass is 32.2. The minimum atomic E-state index is -3.12. The molecule has 0 saturated carbocycles. The van der Waals surface area contributed by atoms with Gasteiger partial charge >= 0.3 is 0 Å². The van der Waals surface area contributed by atoms with Crippen molar-refractivity contribution in [3.05, 3.63) is 23.8 Å². The molecule has 0 bridgehead atoms. The number of nitrogens with zero attached hydrogens (tertiary/aromatic N) is 1. The maximum Gasteiger partial charge on any atom is 0.175 e. The van der Waals surface area contributed by atoms with E-state index in [1.807, 2.05) is 6.07 Å². The first kappa shape index (κ1) is 11.4. The van der Waals surface area contributed by atoms with Gasteiger partial charge in [0.25, 0.3) is 0 Å². The van der Waals surface area contributed by atoms with Crippen LogP contribution in [0.25, 0.3) is 0 Å². The van der Waals surface area contributed by atoms with Gasteiger partial charge in [-0.05, 0) is 24.7 Å². The molecule has 4 nitrogen and oxygen atoms in total. The molecule has 0 spiro atoms. The molecule has 1 aromatic rings. The van der Waals surface area contributed by atoms with Crippen molar-refractivity contribution in [1.82, 2.24) is 4.90 Å². The first-order valence-electron chi connectivity index (χ1n) is 5.22. The van der Waals surface area contributed by atoms with Crippen LogP contribution < -0.4 is 5.32 Å². The second kappa shape index (κ2) is 4.07. The smallest absolute Gasteiger partial charge is 0.175 e. The normalized spacial score (nSPS) is 17.4. The number of fused-ring (bicyclic) bond motifs is 1. The number of hydrogen-bond acceptors (Lipinski definition) is 4. The fourth-order valence-corrected chi connectivity index (χ4v) is 2.49. The minimum absolute atomic E-state index is 0.378. The number of benzene rings is 1. The molecule has 5 heteroatoms. The van der Waals surface area contributed by atoms with Crippen LogP contribution in [-0.4, -0.2) is 39.7 Å². The van der Waals surface area contributed by atoms with Crippen molar-refractivity contribution in [3.63, 3.8) is 0 Å². The van der Waals surface area contributed by atoms with Crippen molar-refractivity contribution < 1.29 is 8.42 Å². The van der Waals surface area contributed by atoms with Gasteiger partial charge in [-0.3, -0.25) is 0 Å². The Morgan fingerprint density at radius 3 is 2.81 bits per heavy atom. The lowest BCUT2D eigenvalue weighted by Crippen LogP contribution is -2.20. The summed E-state index contributed by atoms with van der Waals surface area (Å²) in [6.07, 6.45) is 1.23. The molecule has 0 aliphatic carbocycles. The molecule has 1 aliphatic heterocycles. The summed E-state index contributed by atoms with van der Waals surface area (Å²) in [5.74, 6) is 0. The summed E-state index contributed by atoms with van der Waals surface area (Å²) >= 11 is 0. The van der Waals surface area contributed by atoms with Crippen molar-refractivity contribution >= 4 is 15.5 Å². The molecular formula is C11H16N2O2S. The van der Waals surface area contributed by atoms with E-state index < -0.39 is 9.84 Å². The summed E-state index contributed by atoms with van der Waals surface area (Å²) in [7, 11) is -1.06. The molecular weight excluding hydrogens is 224 g/mol. The number of hydrogen-bond donors (Lipinski definition) is 1. The number of rotatable bonds is 1. The molecule has 0 radical (unpaired) electrons.